The fraction of sp³-hybridized carbons (Fsp3) is 0.625. The first kappa shape index (κ1) is 14.6. The summed E-state index contributed by atoms with van der Waals surface area (Å²) >= 11 is 1.69. The van der Waals surface area contributed by atoms with Gasteiger partial charge < -0.3 is 10.4 Å². The molecule has 21 heavy (non-hydrogen) atoms. The molecule has 4 nitrogen and oxygen atoms in total. The molecule has 2 aliphatic rings. The third-order valence-corrected chi connectivity index (χ3v) is 5.81. The molecule has 0 saturated heterocycles. The van der Waals surface area contributed by atoms with Gasteiger partial charge in [-0.2, -0.15) is 0 Å². The first-order valence-electron chi connectivity index (χ1n) is 7.67. The molecule has 0 bridgehead atoms. The molecule has 1 amide bonds. The number of carbonyl (C=O) groups is 2. The Kier molecular flexibility index (Phi) is 4.02. The number of hydrogen-bond donors (Lipinski definition) is 2. The highest BCUT2D eigenvalue weighted by Gasteiger charge is 2.31. The van der Waals surface area contributed by atoms with Gasteiger partial charge in [-0.1, -0.05) is 6.92 Å². The van der Waals surface area contributed by atoms with Gasteiger partial charge in [-0.15, -0.1) is 11.3 Å². The highest BCUT2D eigenvalue weighted by atomic mass is 32.1. The minimum absolute atomic E-state index is 0.0108. The van der Waals surface area contributed by atoms with E-state index in [1.54, 1.807) is 11.3 Å². The molecule has 2 aliphatic carbocycles. The molecule has 1 fully saturated rings. The number of carbonyl (C=O) groups excluding carboxylic acids is 1. The van der Waals surface area contributed by atoms with Crippen LogP contribution in [0.3, 0.4) is 0 Å². The van der Waals surface area contributed by atoms with E-state index in [1.807, 2.05) is 5.38 Å². The van der Waals surface area contributed by atoms with Crippen molar-refractivity contribution >= 4 is 23.2 Å². The Morgan fingerprint density at radius 3 is 2.86 bits per heavy atom. The highest BCUT2D eigenvalue weighted by Crippen LogP contribution is 2.33. The SMILES string of the molecule is CC1CCc2c(C(=O)N[C@H]3CC[C@@H](C(=O)O)C3)csc2C1. The predicted octanol–water partition coefficient (Wildman–Crippen LogP) is 2.86. The minimum Gasteiger partial charge on any atom is -0.481 e. The number of thiophene rings is 1. The van der Waals surface area contributed by atoms with Crippen LogP contribution in [0.15, 0.2) is 5.38 Å². The smallest absolute Gasteiger partial charge is 0.306 e. The highest BCUT2D eigenvalue weighted by molar-refractivity contribution is 7.10. The second-order valence-electron chi connectivity index (χ2n) is 6.42. The second kappa shape index (κ2) is 5.79. The van der Waals surface area contributed by atoms with E-state index in [2.05, 4.69) is 12.2 Å². The quantitative estimate of drug-likeness (QED) is 0.902. The van der Waals surface area contributed by atoms with Crippen molar-refractivity contribution in [3.63, 3.8) is 0 Å². The predicted molar refractivity (Wildman–Crippen MR) is 81.7 cm³/mol. The van der Waals surface area contributed by atoms with E-state index in [9.17, 15) is 9.59 Å². The van der Waals surface area contributed by atoms with Crippen LogP contribution in [0.2, 0.25) is 0 Å². The summed E-state index contributed by atoms with van der Waals surface area (Å²) in [6, 6.07) is 0.0108. The summed E-state index contributed by atoms with van der Waals surface area (Å²) in [5.41, 5.74) is 2.05. The number of nitrogens with one attached hydrogen (secondary N) is 1. The largest absolute Gasteiger partial charge is 0.481 e. The Labute approximate surface area is 128 Å². The van der Waals surface area contributed by atoms with Crippen LogP contribution in [0.5, 0.6) is 0 Å². The van der Waals surface area contributed by atoms with Gasteiger partial charge in [0.25, 0.3) is 5.91 Å². The summed E-state index contributed by atoms with van der Waals surface area (Å²) in [6.07, 6.45) is 5.22. The molecule has 1 heterocycles. The maximum Gasteiger partial charge on any atom is 0.306 e. The summed E-state index contributed by atoms with van der Waals surface area (Å²) in [4.78, 5) is 24.8. The van der Waals surface area contributed by atoms with Crippen LogP contribution in [0.25, 0.3) is 0 Å². The maximum absolute atomic E-state index is 12.4. The lowest BCUT2D eigenvalue weighted by Crippen LogP contribution is -2.33. The molecule has 0 aliphatic heterocycles. The summed E-state index contributed by atoms with van der Waals surface area (Å²) in [6.45, 7) is 2.26. The normalized spacial score (nSPS) is 28.1. The average molecular weight is 307 g/mol. The van der Waals surface area contributed by atoms with E-state index in [0.717, 1.165) is 31.2 Å². The summed E-state index contributed by atoms with van der Waals surface area (Å²) in [7, 11) is 0. The molecule has 2 N–H and O–H groups in total. The van der Waals surface area contributed by atoms with Crippen molar-refractivity contribution in [1.82, 2.24) is 5.32 Å². The average Bonchev–Trinajstić information content (AvgIpc) is 3.04. The van der Waals surface area contributed by atoms with E-state index >= 15 is 0 Å². The van der Waals surface area contributed by atoms with Crippen LogP contribution >= 0.6 is 11.3 Å². The van der Waals surface area contributed by atoms with Crippen molar-refractivity contribution in [2.75, 3.05) is 0 Å². The monoisotopic (exact) mass is 307 g/mol. The number of carboxylic acid groups (broad SMARTS) is 1. The lowest BCUT2D eigenvalue weighted by Gasteiger charge is -2.19. The van der Waals surface area contributed by atoms with Gasteiger partial charge in [0.05, 0.1) is 11.5 Å². The van der Waals surface area contributed by atoms with Gasteiger partial charge in [-0.3, -0.25) is 9.59 Å². The third kappa shape index (κ3) is 2.98. The zero-order valence-electron chi connectivity index (χ0n) is 12.2. The first-order chi connectivity index (χ1) is 10.0. The molecular weight excluding hydrogens is 286 g/mol. The number of fused-ring (bicyclic) bond motifs is 1. The van der Waals surface area contributed by atoms with Gasteiger partial charge in [-0.25, -0.2) is 0 Å². The Morgan fingerprint density at radius 2 is 2.14 bits per heavy atom. The van der Waals surface area contributed by atoms with Gasteiger partial charge in [0.1, 0.15) is 0 Å². The summed E-state index contributed by atoms with van der Waals surface area (Å²) in [5, 5.41) is 14.0. The number of aliphatic carboxylic acids is 1. The van der Waals surface area contributed by atoms with Crippen LogP contribution < -0.4 is 5.32 Å². The van der Waals surface area contributed by atoms with Crippen LogP contribution in [0, 0.1) is 11.8 Å². The van der Waals surface area contributed by atoms with Gasteiger partial charge in [-0.05, 0) is 50.0 Å². The van der Waals surface area contributed by atoms with Crippen LogP contribution in [0.1, 0.15) is 53.4 Å². The lowest BCUT2D eigenvalue weighted by atomic mass is 9.88. The second-order valence-corrected chi connectivity index (χ2v) is 7.38. The molecule has 1 aromatic rings. The van der Waals surface area contributed by atoms with Crippen LogP contribution in [-0.4, -0.2) is 23.0 Å². The molecule has 5 heteroatoms. The standard InChI is InChI=1S/C16H21NO3S/c1-9-2-5-12-13(8-21-14(12)6-9)15(18)17-11-4-3-10(7-11)16(19)20/h8-11H,2-7H2,1H3,(H,17,18)(H,19,20)/t9?,10-,11+/m1/s1. The number of rotatable bonds is 3. The van der Waals surface area contributed by atoms with Gasteiger partial charge in [0.15, 0.2) is 0 Å². The van der Waals surface area contributed by atoms with Crippen molar-refractivity contribution in [1.29, 1.82) is 0 Å². The van der Waals surface area contributed by atoms with Crippen LogP contribution in [-0.2, 0) is 17.6 Å². The summed E-state index contributed by atoms with van der Waals surface area (Å²) < 4.78 is 0. The fourth-order valence-electron chi connectivity index (χ4n) is 3.47. The number of carboxylic acids is 1. The maximum atomic E-state index is 12.4. The topological polar surface area (TPSA) is 66.4 Å². The minimum atomic E-state index is -0.742. The van der Waals surface area contributed by atoms with E-state index in [0.29, 0.717) is 18.8 Å². The van der Waals surface area contributed by atoms with Gasteiger partial charge in [0.2, 0.25) is 0 Å². The van der Waals surface area contributed by atoms with Gasteiger partial charge in [0, 0.05) is 16.3 Å². The number of amides is 1. The molecule has 0 aromatic carbocycles. The van der Waals surface area contributed by atoms with E-state index in [-0.39, 0.29) is 17.9 Å². The van der Waals surface area contributed by atoms with Crippen molar-refractivity contribution in [3.05, 3.63) is 21.4 Å². The zero-order valence-corrected chi connectivity index (χ0v) is 13.0. The fourth-order valence-corrected chi connectivity index (χ4v) is 4.71. The van der Waals surface area contributed by atoms with Crippen molar-refractivity contribution in [3.8, 4) is 0 Å². The Bertz CT molecular complexity index is 566. The van der Waals surface area contributed by atoms with Gasteiger partial charge >= 0.3 is 5.97 Å². The molecule has 0 radical (unpaired) electrons. The van der Waals surface area contributed by atoms with E-state index in [4.69, 9.17) is 5.11 Å². The van der Waals surface area contributed by atoms with E-state index < -0.39 is 5.97 Å². The molecule has 0 spiro atoms. The molecule has 1 saturated carbocycles. The third-order valence-electron chi connectivity index (χ3n) is 4.76. The Morgan fingerprint density at radius 1 is 1.33 bits per heavy atom. The van der Waals surface area contributed by atoms with Crippen molar-refractivity contribution < 1.29 is 14.7 Å². The molecule has 3 atom stereocenters. The lowest BCUT2D eigenvalue weighted by molar-refractivity contribution is -0.141. The summed E-state index contributed by atoms with van der Waals surface area (Å²) in [5.74, 6) is -0.350. The Hall–Kier alpha value is -1.36. The number of hydrogen-bond acceptors (Lipinski definition) is 3. The molecule has 1 unspecified atom stereocenters. The molecule has 114 valence electrons. The van der Waals surface area contributed by atoms with E-state index in [1.165, 1.54) is 10.4 Å². The van der Waals surface area contributed by atoms with Crippen molar-refractivity contribution in [2.24, 2.45) is 11.8 Å². The van der Waals surface area contributed by atoms with Crippen LogP contribution in [0.4, 0.5) is 0 Å². The molecule has 3 rings (SSSR count). The Balaban J connectivity index is 1.66. The first-order valence-corrected chi connectivity index (χ1v) is 8.55. The van der Waals surface area contributed by atoms with Crippen molar-refractivity contribution in [2.45, 2.75) is 51.5 Å². The molecular formula is C16H21NO3S. The zero-order chi connectivity index (χ0) is 15.0. The molecule has 1 aromatic heterocycles.